The van der Waals surface area contributed by atoms with Gasteiger partial charge in [-0.3, -0.25) is 0 Å². The minimum atomic E-state index is 0.790. The van der Waals surface area contributed by atoms with Crippen molar-refractivity contribution in [1.82, 2.24) is 0 Å². The normalized spacial score (nSPS) is 9.56. The lowest BCUT2D eigenvalue weighted by atomic mass is 10.4. The van der Waals surface area contributed by atoms with Crippen molar-refractivity contribution in [3.05, 3.63) is 29.3 Å². The third-order valence-electron chi connectivity index (χ3n) is 0.950. The van der Waals surface area contributed by atoms with Gasteiger partial charge in [-0.15, -0.1) is 11.4 Å². The molecule has 48 valence electrons. The van der Waals surface area contributed by atoms with E-state index in [-0.39, 0.29) is 0 Å². The Morgan fingerprint density at radius 1 is 1.22 bits per heavy atom. The van der Waals surface area contributed by atoms with E-state index in [1.165, 1.54) is 4.90 Å². The van der Waals surface area contributed by atoms with E-state index in [4.69, 9.17) is 11.6 Å². The Morgan fingerprint density at radius 2 is 1.78 bits per heavy atom. The number of halogens is 1. The van der Waals surface area contributed by atoms with Crippen LogP contribution in [0.3, 0.4) is 0 Å². The highest BCUT2D eigenvalue weighted by atomic mass is 35.5. The highest BCUT2D eigenvalue weighted by molar-refractivity contribution is 8.43. The molecular weight excluding hydrogens is 171 g/mol. The van der Waals surface area contributed by atoms with Crippen LogP contribution in [0.4, 0.5) is 0 Å². The van der Waals surface area contributed by atoms with Crippen LogP contribution in [0.1, 0.15) is 0 Å². The Hall–Kier alpha value is 0.290. The van der Waals surface area contributed by atoms with Gasteiger partial charge < -0.3 is 0 Å². The quantitative estimate of drug-likeness (QED) is 0.592. The van der Waals surface area contributed by atoms with Crippen molar-refractivity contribution in [3.8, 4) is 0 Å². The number of rotatable bonds is 1. The van der Waals surface area contributed by atoms with Gasteiger partial charge in [0, 0.05) is 9.92 Å². The van der Waals surface area contributed by atoms with E-state index in [2.05, 4.69) is 8.44 Å². The first-order valence-electron chi connectivity index (χ1n) is 2.45. The van der Waals surface area contributed by atoms with Crippen LogP contribution >= 0.6 is 31.4 Å². The van der Waals surface area contributed by atoms with Crippen LogP contribution in [0.25, 0.3) is 0 Å². The lowest BCUT2D eigenvalue weighted by Gasteiger charge is -1.92. The SMILES string of the molecule is PSc1ccc(Cl)cc1. The zero-order valence-electron chi connectivity index (χ0n) is 4.67. The Bertz CT molecular complexity index is 185. The molecule has 1 aromatic carbocycles. The lowest BCUT2D eigenvalue weighted by Crippen LogP contribution is -1.63. The van der Waals surface area contributed by atoms with Gasteiger partial charge in [0.25, 0.3) is 0 Å². The van der Waals surface area contributed by atoms with Crippen LogP contribution in [0.2, 0.25) is 5.02 Å². The monoisotopic (exact) mass is 176 g/mol. The van der Waals surface area contributed by atoms with Crippen LogP contribution < -0.4 is 0 Å². The summed E-state index contributed by atoms with van der Waals surface area (Å²) in [4.78, 5) is 1.21. The topological polar surface area (TPSA) is 0 Å². The maximum Gasteiger partial charge on any atom is 0.0406 e. The van der Waals surface area contributed by atoms with Crippen molar-refractivity contribution < 1.29 is 0 Å². The second kappa shape index (κ2) is 3.46. The summed E-state index contributed by atoms with van der Waals surface area (Å²) in [6, 6.07) is 7.74. The first kappa shape index (κ1) is 7.40. The van der Waals surface area contributed by atoms with E-state index in [0.717, 1.165) is 5.02 Å². The number of hydrogen-bond acceptors (Lipinski definition) is 1. The fourth-order valence-corrected chi connectivity index (χ4v) is 1.40. The van der Waals surface area contributed by atoms with E-state index >= 15 is 0 Å². The lowest BCUT2D eigenvalue weighted by molar-refractivity contribution is 1.48. The van der Waals surface area contributed by atoms with E-state index < -0.39 is 0 Å². The van der Waals surface area contributed by atoms with Gasteiger partial charge >= 0.3 is 0 Å². The molecule has 0 heterocycles. The van der Waals surface area contributed by atoms with Crippen molar-refractivity contribution in [3.63, 3.8) is 0 Å². The molecule has 1 rings (SSSR count). The third kappa shape index (κ3) is 2.17. The molecule has 0 bridgehead atoms. The van der Waals surface area contributed by atoms with Crippen LogP contribution in [-0.4, -0.2) is 0 Å². The molecular formula is C6H6ClPS. The number of benzene rings is 1. The summed E-state index contributed by atoms with van der Waals surface area (Å²) in [6.07, 6.45) is 0. The molecule has 0 nitrogen and oxygen atoms in total. The van der Waals surface area contributed by atoms with Crippen LogP contribution in [0, 0.1) is 0 Å². The highest BCUT2D eigenvalue weighted by Gasteiger charge is 1.87. The second-order valence-corrected chi connectivity index (χ2v) is 3.42. The predicted molar refractivity (Wildman–Crippen MR) is 47.0 cm³/mol. The molecule has 1 atom stereocenters. The van der Waals surface area contributed by atoms with Gasteiger partial charge in [0.2, 0.25) is 0 Å². The molecule has 0 aliphatic heterocycles. The van der Waals surface area contributed by atoms with Crippen molar-refractivity contribution >= 4 is 31.4 Å². The fourth-order valence-electron chi connectivity index (χ4n) is 0.513. The van der Waals surface area contributed by atoms with Gasteiger partial charge in [0.1, 0.15) is 0 Å². The average molecular weight is 177 g/mol. The summed E-state index contributed by atoms with van der Waals surface area (Å²) in [5, 5.41) is 0.790. The Morgan fingerprint density at radius 3 is 2.22 bits per heavy atom. The van der Waals surface area contributed by atoms with Crippen LogP contribution in [0.15, 0.2) is 29.2 Å². The molecule has 0 radical (unpaired) electrons. The van der Waals surface area contributed by atoms with E-state index in [0.29, 0.717) is 0 Å². The zero-order chi connectivity index (χ0) is 6.69. The zero-order valence-corrected chi connectivity index (χ0v) is 7.40. The summed E-state index contributed by atoms with van der Waals surface area (Å²) in [5.74, 6) is 0. The minimum Gasteiger partial charge on any atom is -0.105 e. The second-order valence-electron chi connectivity index (χ2n) is 1.57. The Labute approximate surface area is 65.9 Å². The average Bonchev–Trinajstić information content (AvgIpc) is 1.90. The summed E-state index contributed by atoms with van der Waals surface area (Å²) in [5.41, 5.74) is 0. The maximum atomic E-state index is 5.65. The minimum absolute atomic E-state index is 0.790. The van der Waals surface area contributed by atoms with Crippen LogP contribution in [0.5, 0.6) is 0 Å². The summed E-state index contributed by atoms with van der Waals surface area (Å²) >= 11 is 7.29. The van der Waals surface area contributed by atoms with Gasteiger partial charge in [0.05, 0.1) is 0 Å². The molecule has 0 aliphatic rings. The van der Waals surface area contributed by atoms with Gasteiger partial charge in [0.15, 0.2) is 0 Å². The van der Waals surface area contributed by atoms with Crippen molar-refractivity contribution in [2.45, 2.75) is 4.90 Å². The fraction of sp³-hybridized carbons (Fsp3) is 0. The molecule has 0 spiro atoms. The molecule has 0 amide bonds. The predicted octanol–water partition coefficient (Wildman–Crippen LogP) is 3.22. The Balaban J connectivity index is 2.88. The largest absolute Gasteiger partial charge is 0.105 e. The molecule has 0 N–H and O–H groups in total. The highest BCUT2D eigenvalue weighted by Crippen LogP contribution is 2.25. The van der Waals surface area contributed by atoms with Gasteiger partial charge in [-0.1, -0.05) is 20.0 Å². The van der Waals surface area contributed by atoms with Gasteiger partial charge in [-0.2, -0.15) is 0 Å². The first-order valence-corrected chi connectivity index (χ1v) is 5.12. The van der Waals surface area contributed by atoms with Crippen molar-refractivity contribution in [1.29, 1.82) is 0 Å². The van der Waals surface area contributed by atoms with Crippen LogP contribution in [-0.2, 0) is 0 Å². The molecule has 0 aromatic heterocycles. The van der Waals surface area contributed by atoms with E-state index in [9.17, 15) is 0 Å². The standard InChI is InChI=1S/C6H6ClPS/c7-5-1-3-6(9-8)4-2-5/h1-4H,8H2. The molecule has 9 heavy (non-hydrogen) atoms. The van der Waals surface area contributed by atoms with Crippen molar-refractivity contribution in [2.24, 2.45) is 0 Å². The molecule has 0 aliphatic carbocycles. The molecule has 0 fully saturated rings. The summed E-state index contributed by atoms with van der Waals surface area (Å²) in [7, 11) is 2.58. The Kier molecular flexibility index (Phi) is 2.84. The van der Waals surface area contributed by atoms with Gasteiger partial charge in [-0.25, -0.2) is 0 Å². The molecule has 3 heteroatoms. The molecule has 0 saturated heterocycles. The summed E-state index contributed by atoms with van der Waals surface area (Å²) < 4.78 is 0. The summed E-state index contributed by atoms with van der Waals surface area (Å²) in [6.45, 7) is 0. The van der Waals surface area contributed by atoms with E-state index in [1.54, 1.807) is 11.4 Å². The first-order chi connectivity index (χ1) is 4.33. The smallest absolute Gasteiger partial charge is 0.0406 e. The van der Waals surface area contributed by atoms with Gasteiger partial charge in [-0.05, 0) is 24.3 Å². The molecule has 0 saturated carbocycles. The van der Waals surface area contributed by atoms with E-state index in [1.807, 2.05) is 24.3 Å². The molecule has 1 unspecified atom stereocenters. The van der Waals surface area contributed by atoms with Crippen molar-refractivity contribution in [2.75, 3.05) is 0 Å². The molecule has 1 aromatic rings. The maximum absolute atomic E-state index is 5.65. The number of hydrogen-bond donors (Lipinski definition) is 0. The third-order valence-corrected chi connectivity index (χ3v) is 2.56.